The smallest absolute Gasteiger partial charge is 0.244 e. The summed E-state index contributed by atoms with van der Waals surface area (Å²) in [5, 5.41) is 3.29. The second-order valence-electron chi connectivity index (χ2n) is 9.50. The Bertz CT molecular complexity index is 1440. The van der Waals surface area contributed by atoms with E-state index in [0.717, 1.165) is 24.0 Å². The minimum absolute atomic E-state index is 0.0979. The first-order chi connectivity index (χ1) is 18.9. The Hall–Kier alpha value is -3.50. The highest BCUT2D eigenvalue weighted by Gasteiger charge is 2.34. The van der Waals surface area contributed by atoms with E-state index in [1.54, 1.807) is 24.3 Å². The van der Waals surface area contributed by atoms with Crippen molar-refractivity contribution in [3.63, 3.8) is 0 Å². The van der Waals surface area contributed by atoms with Crippen molar-refractivity contribution in [1.82, 2.24) is 10.2 Å². The van der Waals surface area contributed by atoms with Gasteiger partial charge in [-0.15, -0.1) is 0 Å². The van der Waals surface area contributed by atoms with Crippen molar-refractivity contribution < 1.29 is 26.8 Å². The van der Waals surface area contributed by atoms with Gasteiger partial charge in [-0.05, 0) is 42.7 Å². The normalized spacial score (nSPS) is 12.8. The number of hydrogen-bond acceptors (Lipinski definition) is 4. The van der Waals surface area contributed by atoms with Gasteiger partial charge in [0.2, 0.25) is 21.8 Å². The van der Waals surface area contributed by atoms with Crippen LogP contribution in [0.2, 0.25) is 5.02 Å². The van der Waals surface area contributed by atoms with Crippen molar-refractivity contribution in [2.75, 3.05) is 17.1 Å². The molecular weight excluding hydrogens is 560 g/mol. The second-order valence-corrected chi connectivity index (χ2v) is 11.8. The van der Waals surface area contributed by atoms with Crippen LogP contribution in [-0.4, -0.2) is 50.0 Å². The first kappa shape index (κ1) is 31.0. The van der Waals surface area contributed by atoms with E-state index in [9.17, 15) is 26.8 Å². The maximum Gasteiger partial charge on any atom is 0.244 e. The Morgan fingerprint density at radius 2 is 1.62 bits per heavy atom. The summed E-state index contributed by atoms with van der Waals surface area (Å²) in [5.41, 5.74) is 1.10. The number of amides is 2. The summed E-state index contributed by atoms with van der Waals surface area (Å²) in [7, 11) is -4.11. The molecule has 40 heavy (non-hydrogen) atoms. The number of anilines is 1. The topological polar surface area (TPSA) is 86.8 Å². The first-order valence-electron chi connectivity index (χ1n) is 12.7. The van der Waals surface area contributed by atoms with Crippen molar-refractivity contribution >= 4 is 39.1 Å². The Labute approximate surface area is 238 Å². The van der Waals surface area contributed by atoms with Crippen LogP contribution in [0.4, 0.5) is 14.5 Å². The zero-order valence-electron chi connectivity index (χ0n) is 22.5. The van der Waals surface area contributed by atoms with Crippen LogP contribution in [0.25, 0.3) is 0 Å². The Kier molecular flexibility index (Phi) is 10.6. The van der Waals surface area contributed by atoms with Crippen molar-refractivity contribution in [1.29, 1.82) is 0 Å². The molecule has 0 aliphatic heterocycles. The molecule has 1 N–H and O–H groups in total. The second kappa shape index (κ2) is 13.7. The minimum Gasteiger partial charge on any atom is -0.352 e. The number of carbonyl (C=O) groups excluding carboxylic acids is 2. The predicted octanol–water partition coefficient (Wildman–Crippen LogP) is 4.94. The molecule has 0 fully saturated rings. The molecule has 2 amide bonds. The standard InChI is InChI=1S/C29H32ClF2N3O4S/c1-4-20(2)33-29(37)27(16-21-10-6-5-7-11-21)34(18-22-12-8-9-13-24(22)30)28(36)19-35(40(3,38)39)23-14-15-25(31)26(32)17-23/h5-15,17,20,27H,4,16,18-19H2,1-3H3,(H,33,37)/t20-,27-/m1/s1. The van der Waals surface area contributed by atoms with E-state index in [2.05, 4.69) is 5.32 Å². The van der Waals surface area contributed by atoms with Gasteiger partial charge >= 0.3 is 0 Å². The van der Waals surface area contributed by atoms with Crippen molar-refractivity contribution in [2.24, 2.45) is 0 Å². The number of carbonyl (C=O) groups is 2. The molecule has 2 atom stereocenters. The van der Waals surface area contributed by atoms with E-state index >= 15 is 0 Å². The van der Waals surface area contributed by atoms with Crippen LogP contribution in [0.1, 0.15) is 31.4 Å². The Balaban J connectivity index is 2.08. The lowest BCUT2D eigenvalue weighted by Gasteiger charge is -2.34. The number of nitrogens with zero attached hydrogens (tertiary/aromatic N) is 2. The fourth-order valence-electron chi connectivity index (χ4n) is 4.06. The van der Waals surface area contributed by atoms with Gasteiger partial charge in [-0.3, -0.25) is 13.9 Å². The van der Waals surface area contributed by atoms with E-state index in [1.165, 1.54) is 4.90 Å². The van der Waals surface area contributed by atoms with Gasteiger partial charge in [0.25, 0.3) is 0 Å². The largest absolute Gasteiger partial charge is 0.352 e. The zero-order valence-corrected chi connectivity index (χ0v) is 24.1. The molecule has 0 saturated heterocycles. The van der Waals surface area contributed by atoms with Crippen LogP contribution < -0.4 is 9.62 Å². The molecule has 0 saturated carbocycles. The summed E-state index contributed by atoms with van der Waals surface area (Å²) in [6.45, 7) is 2.90. The average Bonchev–Trinajstić information content (AvgIpc) is 2.91. The van der Waals surface area contributed by atoms with Gasteiger partial charge in [0.15, 0.2) is 11.6 Å². The van der Waals surface area contributed by atoms with Crippen LogP contribution in [0, 0.1) is 11.6 Å². The maximum absolute atomic E-state index is 14.0. The van der Waals surface area contributed by atoms with Gasteiger partial charge in [-0.2, -0.15) is 0 Å². The van der Waals surface area contributed by atoms with Gasteiger partial charge in [0.1, 0.15) is 12.6 Å². The third-order valence-corrected chi connectivity index (χ3v) is 7.95. The molecule has 11 heteroatoms. The molecule has 0 unspecified atom stereocenters. The maximum atomic E-state index is 14.0. The number of rotatable bonds is 12. The van der Waals surface area contributed by atoms with Gasteiger partial charge in [0, 0.05) is 30.1 Å². The molecule has 214 valence electrons. The molecule has 0 radical (unpaired) electrons. The molecule has 0 aromatic heterocycles. The molecule has 3 rings (SSSR count). The lowest BCUT2D eigenvalue weighted by molar-refractivity contribution is -0.140. The Morgan fingerprint density at radius 1 is 0.975 bits per heavy atom. The minimum atomic E-state index is -4.11. The molecule has 0 aliphatic carbocycles. The molecule has 7 nitrogen and oxygen atoms in total. The summed E-state index contributed by atoms with van der Waals surface area (Å²) in [4.78, 5) is 28.9. The van der Waals surface area contributed by atoms with Crippen LogP contribution in [0.15, 0.2) is 72.8 Å². The van der Waals surface area contributed by atoms with Gasteiger partial charge in [0.05, 0.1) is 11.9 Å². The van der Waals surface area contributed by atoms with Crippen LogP contribution in [0.5, 0.6) is 0 Å². The molecule has 3 aromatic carbocycles. The van der Waals surface area contributed by atoms with E-state index < -0.39 is 46.1 Å². The van der Waals surface area contributed by atoms with Gasteiger partial charge in [-0.25, -0.2) is 17.2 Å². The monoisotopic (exact) mass is 591 g/mol. The fraction of sp³-hybridized carbons (Fsp3) is 0.310. The summed E-state index contributed by atoms with van der Waals surface area (Å²) in [5.74, 6) is -3.57. The third-order valence-electron chi connectivity index (χ3n) is 6.44. The Morgan fingerprint density at radius 3 is 2.23 bits per heavy atom. The summed E-state index contributed by atoms with van der Waals surface area (Å²) in [6.07, 6.45) is 1.65. The number of hydrogen-bond donors (Lipinski definition) is 1. The lowest BCUT2D eigenvalue weighted by atomic mass is 10.0. The summed E-state index contributed by atoms with van der Waals surface area (Å²) >= 11 is 6.41. The molecule has 0 bridgehead atoms. The molecule has 0 aliphatic rings. The van der Waals surface area contributed by atoms with E-state index in [-0.39, 0.29) is 24.7 Å². The first-order valence-corrected chi connectivity index (χ1v) is 14.9. The number of nitrogens with one attached hydrogen (secondary N) is 1. The van der Waals surface area contributed by atoms with Crippen molar-refractivity contribution in [3.05, 3.63) is 101 Å². The lowest BCUT2D eigenvalue weighted by Crippen LogP contribution is -2.54. The van der Waals surface area contributed by atoms with E-state index in [1.807, 2.05) is 44.2 Å². The highest BCUT2D eigenvalue weighted by molar-refractivity contribution is 7.92. The number of benzene rings is 3. The quantitative estimate of drug-likeness (QED) is 0.323. The van der Waals surface area contributed by atoms with Gasteiger partial charge in [-0.1, -0.05) is 67.1 Å². The summed E-state index contributed by atoms with van der Waals surface area (Å²) < 4.78 is 53.7. The molecule has 0 heterocycles. The summed E-state index contributed by atoms with van der Waals surface area (Å²) in [6, 6.07) is 17.3. The molecule has 3 aromatic rings. The van der Waals surface area contributed by atoms with Crippen LogP contribution in [-0.2, 0) is 32.6 Å². The van der Waals surface area contributed by atoms with Gasteiger partial charge < -0.3 is 10.2 Å². The number of halogens is 3. The van der Waals surface area contributed by atoms with Crippen LogP contribution >= 0.6 is 11.6 Å². The van der Waals surface area contributed by atoms with Crippen LogP contribution in [0.3, 0.4) is 0 Å². The highest BCUT2D eigenvalue weighted by atomic mass is 35.5. The van der Waals surface area contributed by atoms with Crippen molar-refractivity contribution in [3.8, 4) is 0 Å². The number of sulfonamides is 1. The molecular formula is C29H32ClF2N3O4S. The fourth-order valence-corrected chi connectivity index (χ4v) is 5.10. The third kappa shape index (κ3) is 8.25. The zero-order chi connectivity index (χ0) is 29.4. The predicted molar refractivity (Wildman–Crippen MR) is 152 cm³/mol. The highest BCUT2D eigenvalue weighted by Crippen LogP contribution is 2.24. The SMILES string of the molecule is CC[C@@H](C)NC(=O)[C@@H](Cc1ccccc1)N(Cc1ccccc1Cl)C(=O)CN(c1ccc(F)c(F)c1)S(C)(=O)=O. The average molecular weight is 592 g/mol. The van der Waals surface area contributed by atoms with E-state index in [4.69, 9.17) is 11.6 Å². The van der Waals surface area contributed by atoms with Crippen molar-refractivity contribution in [2.45, 2.75) is 45.3 Å². The molecule has 0 spiro atoms. The van der Waals surface area contributed by atoms with E-state index in [0.29, 0.717) is 27.4 Å².